The summed E-state index contributed by atoms with van der Waals surface area (Å²) in [6, 6.07) is 3.89. The number of nitrogens with one attached hydrogen (secondary N) is 2. The van der Waals surface area contributed by atoms with Gasteiger partial charge in [0.25, 0.3) is 11.8 Å². The highest BCUT2D eigenvalue weighted by Gasteiger charge is 2.43. The van der Waals surface area contributed by atoms with E-state index in [9.17, 15) is 29.1 Å². The van der Waals surface area contributed by atoms with Gasteiger partial charge in [0.15, 0.2) is 0 Å². The number of nitrogens with zero attached hydrogens (tertiary/aromatic N) is 1. The van der Waals surface area contributed by atoms with Crippen LogP contribution >= 0.6 is 0 Å². The van der Waals surface area contributed by atoms with E-state index in [1.54, 1.807) is 12.1 Å². The molecule has 3 N–H and O–H groups in total. The number of rotatable bonds is 8. The number of hydrogen-bond acceptors (Lipinski definition) is 5. The van der Waals surface area contributed by atoms with Crippen molar-refractivity contribution in [1.82, 2.24) is 15.5 Å². The third-order valence-corrected chi connectivity index (χ3v) is 5.67. The molecule has 166 valence electrons. The molecule has 0 bridgehead atoms. The van der Waals surface area contributed by atoms with Crippen LogP contribution in [-0.2, 0) is 14.4 Å². The lowest BCUT2D eigenvalue weighted by Crippen LogP contribution is -2.54. The molecule has 0 aliphatic carbocycles. The van der Waals surface area contributed by atoms with Gasteiger partial charge in [-0.3, -0.25) is 24.1 Å². The van der Waals surface area contributed by atoms with Gasteiger partial charge in [0.05, 0.1) is 11.1 Å². The molecule has 1 aromatic carbocycles. The van der Waals surface area contributed by atoms with E-state index in [1.807, 2.05) is 13.8 Å². The molecule has 9 nitrogen and oxygen atoms in total. The first kappa shape index (κ1) is 22.5. The molecule has 0 aromatic heterocycles. The van der Waals surface area contributed by atoms with E-state index in [1.165, 1.54) is 12.1 Å². The number of aliphatic carboxylic acids is 1. The molecule has 2 aliphatic rings. The zero-order valence-corrected chi connectivity index (χ0v) is 17.6. The molecule has 2 heterocycles. The quantitative estimate of drug-likeness (QED) is 0.532. The van der Waals surface area contributed by atoms with E-state index >= 15 is 0 Å². The van der Waals surface area contributed by atoms with Crippen molar-refractivity contribution in [3.05, 3.63) is 35.4 Å². The summed E-state index contributed by atoms with van der Waals surface area (Å²) in [4.78, 5) is 63.6. The largest absolute Gasteiger partial charge is 0.480 e. The number of hydrogen-bond donors (Lipinski definition) is 3. The summed E-state index contributed by atoms with van der Waals surface area (Å²) in [6.07, 6.45) is 1.41. The lowest BCUT2D eigenvalue weighted by atomic mass is 9.91. The van der Waals surface area contributed by atoms with Crippen molar-refractivity contribution in [3.63, 3.8) is 0 Å². The number of carbonyl (C=O) groups excluding carboxylic acids is 4. The zero-order chi connectivity index (χ0) is 22.7. The average Bonchev–Trinajstić information content (AvgIpc) is 2.97. The molecule has 0 spiro atoms. The topological polar surface area (TPSA) is 133 Å². The van der Waals surface area contributed by atoms with E-state index in [4.69, 9.17) is 0 Å². The summed E-state index contributed by atoms with van der Waals surface area (Å²) < 4.78 is 0. The van der Waals surface area contributed by atoms with Crippen LogP contribution < -0.4 is 10.6 Å². The molecule has 31 heavy (non-hydrogen) atoms. The minimum absolute atomic E-state index is 0.0348. The van der Waals surface area contributed by atoms with Crippen LogP contribution in [0.15, 0.2) is 24.3 Å². The fourth-order valence-corrected chi connectivity index (χ4v) is 4.10. The maximum Gasteiger partial charge on any atom is 0.326 e. The second-order valence-corrected chi connectivity index (χ2v) is 8.44. The first-order valence-electron chi connectivity index (χ1n) is 10.5. The fraction of sp³-hybridized carbons (Fsp3) is 0.500. The summed E-state index contributed by atoms with van der Waals surface area (Å²) >= 11 is 0. The molecule has 4 amide bonds. The van der Waals surface area contributed by atoms with E-state index in [0.29, 0.717) is 13.0 Å². The number of benzene rings is 1. The average molecular weight is 429 g/mol. The maximum absolute atomic E-state index is 13.1. The fourth-order valence-electron chi connectivity index (χ4n) is 4.10. The molecule has 0 unspecified atom stereocenters. The molecule has 2 aliphatic heterocycles. The molecule has 3 atom stereocenters. The summed E-state index contributed by atoms with van der Waals surface area (Å²) in [6.45, 7) is 4.24. The predicted molar refractivity (Wildman–Crippen MR) is 110 cm³/mol. The van der Waals surface area contributed by atoms with Crippen molar-refractivity contribution in [2.75, 3.05) is 6.54 Å². The smallest absolute Gasteiger partial charge is 0.326 e. The number of fused-ring (bicyclic) bond motifs is 1. The summed E-state index contributed by atoms with van der Waals surface area (Å²) in [7, 11) is 0. The first-order chi connectivity index (χ1) is 14.7. The standard InChI is InChI=1S/C22H27N3O6/c1-12(2)10-17(25-20(28)14-7-3-4-8-15(14)21(25)29)19(27)24-16(22(30)31)11-13-6-5-9-23-18(13)26/h3-4,7-8,12-13,16-17H,5-6,9-11H2,1-2H3,(H,23,26)(H,24,27)(H,30,31)/t13-,16-,17-/m0/s1. The minimum Gasteiger partial charge on any atom is -0.480 e. The van der Waals surface area contributed by atoms with Crippen LogP contribution in [0.3, 0.4) is 0 Å². The Hall–Kier alpha value is -3.23. The number of amides is 4. The van der Waals surface area contributed by atoms with Gasteiger partial charge in [0.1, 0.15) is 12.1 Å². The third-order valence-electron chi connectivity index (χ3n) is 5.67. The Balaban J connectivity index is 1.81. The first-order valence-corrected chi connectivity index (χ1v) is 10.5. The normalized spacial score (nSPS) is 20.3. The second-order valence-electron chi connectivity index (χ2n) is 8.44. The van der Waals surface area contributed by atoms with Gasteiger partial charge < -0.3 is 15.7 Å². The molecule has 1 fully saturated rings. The van der Waals surface area contributed by atoms with Crippen molar-refractivity contribution >= 4 is 29.6 Å². The molecule has 9 heteroatoms. The van der Waals surface area contributed by atoms with E-state index in [0.717, 1.165) is 11.3 Å². The van der Waals surface area contributed by atoms with Crippen molar-refractivity contribution in [1.29, 1.82) is 0 Å². The number of piperidine rings is 1. The molecule has 1 saturated heterocycles. The Bertz CT molecular complexity index is 877. The molecule has 0 radical (unpaired) electrons. The monoisotopic (exact) mass is 429 g/mol. The van der Waals surface area contributed by atoms with Crippen LogP contribution in [0.2, 0.25) is 0 Å². The van der Waals surface area contributed by atoms with Gasteiger partial charge in [0.2, 0.25) is 11.8 Å². The van der Waals surface area contributed by atoms with Gasteiger partial charge in [-0.25, -0.2) is 4.79 Å². The van der Waals surface area contributed by atoms with Crippen LogP contribution in [0, 0.1) is 11.8 Å². The molecule has 0 saturated carbocycles. The molecule has 3 rings (SSSR count). The van der Waals surface area contributed by atoms with E-state index in [-0.39, 0.29) is 35.8 Å². The van der Waals surface area contributed by atoms with Crippen LogP contribution in [0.4, 0.5) is 0 Å². The number of carbonyl (C=O) groups is 5. The highest BCUT2D eigenvalue weighted by atomic mass is 16.4. The lowest BCUT2D eigenvalue weighted by Gasteiger charge is -2.29. The van der Waals surface area contributed by atoms with Crippen molar-refractivity contribution in [2.24, 2.45) is 11.8 Å². The van der Waals surface area contributed by atoms with Crippen LogP contribution in [-0.4, -0.2) is 58.2 Å². The van der Waals surface area contributed by atoms with Gasteiger partial charge in [-0.2, -0.15) is 0 Å². The van der Waals surface area contributed by atoms with Gasteiger partial charge >= 0.3 is 5.97 Å². The van der Waals surface area contributed by atoms with Crippen LogP contribution in [0.25, 0.3) is 0 Å². The predicted octanol–water partition coefficient (Wildman–Crippen LogP) is 1.18. The van der Waals surface area contributed by atoms with Crippen molar-refractivity contribution in [3.8, 4) is 0 Å². The molecule has 1 aromatic rings. The summed E-state index contributed by atoms with van der Waals surface area (Å²) in [5.41, 5.74) is 0.449. The molecular weight excluding hydrogens is 402 g/mol. The van der Waals surface area contributed by atoms with E-state index in [2.05, 4.69) is 10.6 Å². The Labute approximate surface area is 180 Å². The SMILES string of the molecule is CC(C)C[C@@H](C(=O)N[C@@H](C[C@@H]1CCCNC1=O)C(=O)O)N1C(=O)c2ccccc2C1=O. The highest BCUT2D eigenvalue weighted by Crippen LogP contribution is 2.27. The summed E-state index contributed by atoms with van der Waals surface area (Å²) in [5.74, 6) is -3.90. The lowest BCUT2D eigenvalue weighted by molar-refractivity contribution is -0.143. The number of carboxylic acid groups (broad SMARTS) is 1. The van der Waals surface area contributed by atoms with Gasteiger partial charge in [0, 0.05) is 12.5 Å². The second kappa shape index (κ2) is 9.28. The maximum atomic E-state index is 13.1. The minimum atomic E-state index is -1.30. The Morgan fingerprint density at radius 1 is 1.16 bits per heavy atom. The number of carboxylic acids is 1. The van der Waals surface area contributed by atoms with Crippen molar-refractivity contribution < 1.29 is 29.1 Å². The van der Waals surface area contributed by atoms with Gasteiger partial charge in [-0.05, 0) is 43.7 Å². The Kier molecular flexibility index (Phi) is 6.72. The third kappa shape index (κ3) is 4.76. The van der Waals surface area contributed by atoms with Crippen molar-refractivity contribution in [2.45, 2.75) is 51.6 Å². The Morgan fingerprint density at radius 3 is 2.29 bits per heavy atom. The van der Waals surface area contributed by atoms with Crippen LogP contribution in [0.5, 0.6) is 0 Å². The summed E-state index contributed by atoms with van der Waals surface area (Å²) in [5, 5.41) is 14.8. The number of imide groups is 1. The van der Waals surface area contributed by atoms with Gasteiger partial charge in [-0.1, -0.05) is 26.0 Å². The Morgan fingerprint density at radius 2 is 1.77 bits per heavy atom. The van der Waals surface area contributed by atoms with Crippen LogP contribution in [0.1, 0.15) is 60.2 Å². The van der Waals surface area contributed by atoms with Gasteiger partial charge in [-0.15, -0.1) is 0 Å². The molecular formula is C22H27N3O6. The highest BCUT2D eigenvalue weighted by molar-refractivity contribution is 6.22. The zero-order valence-electron chi connectivity index (χ0n) is 17.6. The van der Waals surface area contributed by atoms with E-state index < -0.39 is 41.7 Å².